The van der Waals surface area contributed by atoms with Crippen LogP contribution in [0.15, 0.2) is 30.7 Å². The zero-order valence-corrected chi connectivity index (χ0v) is 11.5. The number of hydrogen-bond donors (Lipinski definition) is 2. The number of anilines is 1. The van der Waals surface area contributed by atoms with Crippen LogP contribution in [-0.2, 0) is 4.79 Å². The number of halogens is 1. The third kappa shape index (κ3) is 2.78. The van der Waals surface area contributed by atoms with Crippen molar-refractivity contribution in [2.24, 2.45) is 11.7 Å². The fourth-order valence-electron chi connectivity index (χ4n) is 2.17. The van der Waals surface area contributed by atoms with Gasteiger partial charge in [-0.15, -0.1) is 0 Å². The maximum Gasteiger partial charge on any atom is 0.249 e. The van der Waals surface area contributed by atoms with Crippen LogP contribution in [0.4, 0.5) is 10.2 Å². The molecular weight excluding hydrogens is 287 g/mol. The molecule has 112 valence electrons. The Morgan fingerprint density at radius 2 is 2.09 bits per heavy atom. The fraction of sp³-hybridized carbons (Fsp3) is 0.200. The van der Waals surface area contributed by atoms with Crippen molar-refractivity contribution >= 4 is 17.6 Å². The minimum Gasteiger partial charge on any atom is -0.366 e. The average Bonchev–Trinajstić information content (AvgIpc) is 3.31. The molecule has 1 fully saturated rings. The van der Waals surface area contributed by atoms with Crippen molar-refractivity contribution in [2.75, 3.05) is 5.32 Å². The van der Waals surface area contributed by atoms with E-state index in [1.54, 1.807) is 0 Å². The highest BCUT2D eigenvalue weighted by molar-refractivity contribution is 6.05. The molecule has 1 aliphatic carbocycles. The van der Waals surface area contributed by atoms with Crippen molar-refractivity contribution in [1.82, 2.24) is 9.97 Å². The first-order chi connectivity index (χ1) is 10.6. The number of nitrogens with two attached hydrogens (primary N) is 1. The van der Waals surface area contributed by atoms with Crippen LogP contribution < -0.4 is 11.1 Å². The summed E-state index contributed by atoms with van der Waals surface area (Å²) in [5, 5.41) is 2.68. The Balaban J connectivity index is 2.10. The number of amides is 2. The molecule has 0 bridgehead atoms. The van der Waals surface area contributed by atoms with Gasteiger partial charge in [0, 0.05) is 29.4 Å². The molecule has 1 aliphatic rings. The quantitative estimate of drug-likeness (QED) is 0.898. The lowest BCUT2D eigenvalue weighted by atomic mass is 10.0. The second kappa shape index (κ2) is 5.51. The van der Waals surface area contributed by atoms with Crippen LogP contribution >= 0.6 is 0 Å². The molecule has 2 aromatic rings. The number of rotatable bonds is 4. The molecule has 6 nitrogen and oxygen atoms in total. The first-order valence-corrected chi connectivity index (χ1v) is 6.77. The van der Waals surface area contributed by atoms with Gasteiger partial charge in [0.1, 0.15) is 11.6 Å². The van der Waals surface area contributed by atoms with E-state index in [-0.39, 0.29) is 28.8 Å². The Morgan fingerprint density at radius 1 is 1.32 bits per heavy atom. The summed E-state index contributed by atoms with van der Waals surface area (Å²) in [4.78, 5) is 31.4. The smallest absolute Gasteiger partial charge is 0.249 e. The number of pyridine rings is 2. The van der Waals surface area contributed by atoms with Gasteiger partial charge in [-0.3, -0.25) is 14.6 Å². The number of carbonyl (C=O) groups is 2. The van der Waals surface area contributed by atoms with Crippen LogP contribution in [0.2, 0.25) is 0 Å². The number of hydrogen-bond acceptors (Lipinski definition) is 4. The Morgan fingerprint density at radius 3 is 2.73 bits per heavy atom. The molecule has 2 amide bonds. The van der Waals surface area contributed by atoms with Crippen molar-refractivity contribution < 1.29 is 14.0 Å². The molecule has 22 heavy (non-hydrogen) atoms. The number of nitrogens with one attached hydrogen (secondary N) is 1. The minimum absolute atomic E-state index is 0.0301. The average molecular weight is 300 g/mol. The Hall–Kier alpha value is -2.83. The van der Waals surface area contributed by atoms with E-state index in [0.29, 0.717) is 5.56 Å². The molecule has 0 unspecified atom stereocenters. The first kappa shape index (κ1) is 14.1. The van der Waals surface area contributed by atoms with Gasteiger partial charge in [0.2, 0.25) is 11.8 Å². The van der Waals surface area contributed by atoms with E-state index in [4.69, 9.17) is 5.73 Å². The maximum atomic E-state index is 13.4. The highest BCUT2D eigenvalue weighted by Crippen LogP contribution is 2.33. The Bertz CT molecular complexity index is 759. The van der Waals surface area contributed by atoms with Gasteiger partial charge in [-0.05, 0) is 25.0 Å². The molecule has 0 atom stereocenters. The molecule has 3 rings (SSSR count). The molecule has 0 radical (unpaired) electrons. The number of nitrogens with zero attached hydrogens (tertiary/aromatic N) is 2. The van der Waals surface area contributed by atoms with Crippen molar-refractivity contribution in [3.8, 4) is 11.1 Å². The van der Waals surface area contributed by atoms with E-state index >= 15 is 0 Å². The molecule has 1 saturated carbocycles. The molecule has 0 aromatic carbocycles. The Labute approximate surface area is 125 Å². The van der Waals surface area contributed by atoms with Crippen LogP contribution in [0.1, 0.15) is 23.2 Å². The number of carbonyl (C=O) groups excluding carboxylic acids is 2. The predicted octanol–water partition coefficient (Wildman–Crippen LogP) is 1.73. The summed E-state index contributed by atoms with van der Waals surface area (Å²) in [6.45, 7) is 0. The van der Waals surface area contributed by atoms with Crippen LogP contribution in [0.5, 0.6) is 0 Å². The zero-order valence-electron chi connectivity index (χ0n) is 11.5. The van der Waals surface area contributed by atoms with Gasteiger partial charge in [-0.25, -0.2) is 9.37 Å². The summed E-state index contributed by atoms with van der Waals surface area (Å²) in [6, 6.07) is 2.64. The van der Waals surface area contributed by atoms with Crippen molar-refractivity contribution in [2.45, 2.75) is 12.8 Å². The van der Waals surface area contributed by atoms with E-state index < -0.39 is 11.7 Å². The van der Waals surface area contributed by atoms with Gasteiger partial charge >= 0.3 is 0 Å². The summed E-state index contributed by atoms with van der Waals surface area (Å²) in [6.07, 6.45) is 5.47. The molecule has 0 spiro atoms. The number of aromatic nitrogens is 2. The first-order valence-electron chi connectivity index (χ1n) is 6.77. The summed E-state index contributed by atoms with van der Waals surface area (Å²) < 4.78 is 13.4. The van der Waals surface area contributed by atoms with E-state index in [2.05, 4.69) is 15.3 Å². The molecule has 3 N–H and O–H groups in total. The normalized spacial score (nSPS) is 13.7. The van der Waals surface area contributed by atoms with Gasteiger partial charge in [0.05, 0.1) is 11.8 Å². The molecule has 2 aromatic heterocycles. The van der Waals surface area contributed by atoms with E-state index in [1.165, 1.54) is 24.5 Å². The Kier molecular flexibility index (Phi) is 3.54. The lowest BCUT2D eigenvalue weighted by Crippen LogP contribution is -2.18. The second-order valence-corrected chi connectivity index (χ2v) is 5.10. The third-order valence-corrected chi connectivity index (χ3v) is 3.40. The van der Waals surface area contributed by atoms with E-state index in [9.17, 15) is 14.0 Å². The maximum absolute atomic E-state index is 13.4. The van der Waals surface area contributed by atoms with E-state index in [1.807, 2.05) is 0 Å². The predicted molar refractivity (Wildman–Crippen MR) is 77.3 cm³/mol. The third-order valence-electron chi connectivity index (χ3n) is 3.40. The molecule has 0 saturated heterocycles. The van der Waals surface area contributed by atoms with Gasteiger partial charge in [-0.2, -0.15) is 0 Å². The highest BCUT2D eigenvalue weighted by Gasteiger charge is 2.30. The van der Waals surface area contributed by atoms with Gasteiger partial charge in [-0.1, -0.05) is 0 Å². The van der Waals surface area contributed by atoms with Crippen LogP contribution in [0.25, 0.3) is 11.1 Å². The highest BCUT2D eigenvalue weighted by atomic mass is 19.1. The summed E-state index contributed by atoms with van der Waals surface area (Å²) in [5.74, 6) is -1.27. The molecule has 7 heteroatoms. The van der Waals surface area contributed by atoms with Crippen molar-refractivity contribution in [1.29, 1.82) is 0 Å². The topological polar surface area (TPSA) is 98.0 Å². The monoisotopic (exact) mass is 300 g/mol. The SMILES string of the molecule is NC(=O)c1ccnc(NC(=O)C2CC2)c1-c1cncc(F)c1. The lowest BCUT2D eigenvalue weighted by molar-refractivity contribution is -0.117. The standard InChI is InChI=1S/C15H13FN4O2/c16-10-5-9(6-18-7-10)12-11(13(17)21)3-4-19-14(12)20-15(22)8-1-2-8/h3-8H,1-2H2,(H2,17,21)(H,19,20,22). The van der Waals surface area contributed by atoms with Crippen molar-refractivity contribution in [3.05, 3.63) is 42.1 Å². The minimum atomic E-state index is -0.691. The molecular formula is C15H13FN4O2. The van der Waals surface area contributed by atoms with Crippen LogP contribution in [0, 0.1) is 11.7 Å². The van der Waals surface area contributed by atoms with Gasteiger partial charge in [0.25, 0.3) is 0 Å². The van der Waals surface area contributed by atoms with Crippen LogP contribution in [0.3, 0.4) is 0 Å². The summed E-state index contributed by atoms with van der Waals surface area (Å²) >= 11 is 0. The summed E-state index contributed by atoms with van der Waals surface area (Å²) in [7, 11) is 0. The fourth-order valence-corrected chi connectivity index (χ4v) is 2.17. The van der Waals surface area contributed by atoms with Crippen molar-refractivity contribution in [3.63, 3.8) is 0 Å². The molecule has 0 aliphatic heterocycles. The lowest BCUT2D eigenvalue weighted by Gasteiger charge is -2.13. The van der Waals surface area contributed by atoms with Crippen LogP contribution in [-0.4, -0.2) is 21.8 Å². The largest absolute Gasteiger partial charge is 0.366 e. The molecule has 2 heterocycles. The number of primary amides is 1. The van der Waals surface area contributed by atoms with Gasteiger partial charge < -0.3 is 11.1 Å². The van der Waals surface area contributed by atoms with E-state index in [0.717, 1.165) is 19.0 Å². The van der Waals surface area contributed by atoms with Gasteiger partial charge in [0.15, 0.2) is 0 Å². The summed E-state index contributed by atoms with van der Waals surface area (Å²) in [5.41, 5.74) is 6.12. The second-order valence-electron chi connectivity index (χ2n) is 5.10. The zero-order chi connectivity index (χ0) is 15.7.